The second-order valence-corrected chi connectivity index (χ2v) is 4.22. The fraction of sp³-hybridized carbons (Fsp3) is 0.143. The molecule has 0 aliphatic rings. The first-order valence-electron chi connectivity index (χ1n) is 6.21. The zero-order chi connectivity index (χ0) is 16.1. The number of carbonyl (C=O) groups excluding carboxylic acids is 2. The van der Waals surface area contributed by atoms with E-state index in [0.717, 1.165) is 18.2 Å². The molecule has 1 aromatic heterocycles. The minimum atomic E-state index is -1.27. The van der Waals surface area contributed by atoms with Crippen LogP contribution < -0.4 is 5.32 Å². The molecule has 8 heteroatoms. The van der Waals surface area contributed by atoms with E-state index in [9.17, 15) is 18.4 Å². The fourth-order valence-electron chi connectivity index (χ4n) is 1.52. The zero-order valence-corrected chi connectivity index (χ0v) is 11.4. The van der Waals surface area contributed by atoms with Crippen LogP contribution in [0.4, 0.5) is 14.5 Å². The van der Waals surface area contributed by atoms with Crippen LogP contribution in [0.25, 0.3) is 0 Å². The summed E-state index contributed by atoms with van der Waals surface area (Å²) in [6.07, 6.45) is 2.56. The molecule has 1 N–H and O–H groups in total. The van der Waals surface area contributed by atoms with Crippen molar-refractivity contribution in [2.24, 2.45) is 0 Å². The molecule has 0 bridgehead atoms. The Morgan fingerprint density at radius 2 is 1.91 bits per heavy atom. The Hall–Kier alpha value is -2.90. The Bertz CT molecular complexity index is 675. The third-order valence-electron chi connectivity index (χ3n) is 2.64. The van der Waals surface area contributed by atoms with Crippen molar-refractivity contribution < 1.29 is 23.1 Å². The van der Waals surface area contributed by atoms with Crippen LogP contribution >= 0.6 is 0 Å². The number of hydrogen-bond acceptors (Lipinski definition) is 5. The maximum Gasteiger partial charge on any atom is 0.359 e. The van der Waals surface area contributed by atoms with Crippen LogP contribution in [0.3, 0.4) is 0 Å². The lowest BCUT2D eigenvalue weighted by atomic mass is 10.2. The number of aromatic nitrogens is 2. The molecule has 0 fully saturated rings. The molecule has 1 aromatic carbocycles. The maximum atomic E-state index is 13.4. The lowest BCUT2D eigenvalue weighted by Crippen LogP contribution is -2.30. The third kappa shape index (κ3) is 3.60. The molecular formula is C14H11F2N3O3. The van der Waals surface area contributed by atoms with Crippen LogP contribution in [0, 0.1) is 11.6 Å². The van der Waals surface area contributed by atoms with Gasteiger partial charge in [0, 0.05) is 12.4 Å². The second kappa shape index (κ2) is 6.70. The Morgan fingerprint density at radius 1 is 1.23 bits per heavy atom. The lowest BCUT2D eigenvalue weighted by Gasteiger charge is -2.13. The highest BCUT2D eigenvalue weighted by atomic mass is 19.1. The monoisotopic (exact) mass is 307 g/mol. The van der Waals surface area contributed by atoms with Crippen molar-refractivity contribution in [3.63, 3.8) is 0 Å². The van der Waals surface area contributed by atoms with Crippen molar-refractivity contribution in [1.29, 1.82) is 0 Å². The molecular weight excluding hydrogens is 296 g/mol. The molecule has 0 saturated carbocycles. The van der Waals surface area contributed by atoms with E-state index in [-0.39, 0.29) is 5.69 Å². The number of para-hydroxylation sites is 1. The molecule has 1 amide bonds. The number of benzene rings is 1. The number of nitrogens with one attached hydrogen (secondary N) is 1. The molecule has 2 aromatic rings. The molecule has 0 aliphatic heterocycles. The van der Waals surface area contributed by atoms with E-state index < -0.39 is 35.3 Å². The minimum Gasteiger partial charge on any atom is -0.448 e. The van der Waals surface area contributed by atoms with Gasteiger partial charge in [0.15, 0.2) is 11.8 Å². The van der Waals surface area contributed by atoms with Crippen molar-refractivity contribution in [1.82, 2.24) is 9.97 Å². The summed E-state index contributed by atoms with van der Waals surface area (Å²) in [7, 11) is 0. The minimum absolute atomic E-state index is 0.0841. The Balaban J connectivity index is 2.02. The summed E-state index contributed by atoms with van der Waals surface area (Å²) in [5.74, 6) is -3.60. The van der Waals surface area contributed by atoms with Crippen molar-refractivity contribution >= 4 is 17.6 Å². The van der Waals surface area contributed by atoms with Gasteiger partial charge in [-0.25, -0.2) is 18.6 Å². The number of amides is 1. The number of esters is 1. The molecule has 2 rings (SSSR count). The van der Waals surface area contributed by atoms with Gasteiger partial charge >= 0.3 is 5.97 Å². The summed E-state index contributed by atoms with van der Waals surface area (Å²) in [5, 5.41) is 2.03. The van der Waals surface area contributed by atoms with Gasteiger partial charge in [0.25, 0.3) is 5.91 Å². The summed E-state index contributed by atoms with van der Waals surface area (Å²) in [5.41, 5.74) is -0.686. The van der Waals surface area contributed by atoms with E-state index in [2.05, 4.69) is 9.97 Å². The quantitative estimate of drug-likeness (QED) is 0.873. The predicted molar refractivity (Wildman–Crippen MR) is 71.9 cm³/mol. The standard InChI is InChI=1S/C14H11F2N3O3/c1-8(22-14(21)11-7-17-5-6-18-11)13(20)19-12-9(15)3-2-4-10(12)16/h2-8H,1H3,(H,19,20). The van der Waals surface area contributed by atoms with Gasteiger partial charge in [-0.1, -0.05) is 6.07 Å². The van der Waals surface area contributed by atoms with Gasteiger partial charge in [-0.3, -0.25) is 9.78 Å². The molecule has 114 valence electrons. The third-order valence-corrected chi connectivity index (χ3v) is 2.64. The summed E-state index contributed by atoms with van der Waals surface area (Å²) in [4.78, 5) is 30.9. The van der Waals surface area contributed by atoms with E-state index in [1.54, 1.807) is 0 Å². The van der Waals surface area contributed by atoms with Crippen molar-refractivity contribution in [2.45, 2.75) is 13.0 Å². The van der Waals surface area contributed by atoms with Gasteiger partial charge in [-0.05, 0) is 19.1 Å². The number of rotatable bonds is 4. The smallest absolute Gasteiger partial charge is 0.359 e. The molecule has 1 unspecified atom stereocenters. The number of anilines is 1. The van der Waals surface area contributed by atoms with Gasteiger partial charge < -0.3 is 10.1 Å². The number of hydrogen-bond donors (Lipinski definition) is 1. The van der Waals surface area contributed by atoms with Crippen LogP contribution in [-0.2, 0) is 9.53 Å². The highest BCUT2D eigenvalue weighted by molar-refractivity contribution is 5.96. The average Bonchev–Trinajstić information content (AvgIpc) is 2.51. The SMILES string of the molecule is CC(OC(=O)c1cnccn1)C(=O)Nc1c(F)cccc1F. The molecule has 1 atom stereocenters. The summed E-state index contributed by atoms with van der Waals surface area (Å²) < 4.78 is 31.7. The molecule has 0 radical (unpaired) electrons. The first-order valence-corrected chi connectivity index (χ1v) is 6.21. The average molecular weight is 307 g/mol. The summed E-state index contributed by atoms with van der Waals surface area (Å²) in [6.45, 7) is 1.27. The summed E-state index contributed by atoms with van der Waals surface area (Å²) in [6, 6.07) is 3.15. The van der Waals surface area contributed by atoms with Crippen LogP contribution in [0.2, 0.25) is 0 Å². The van der Waals surface area contributed by atoms with E-state index in [4.69, 9.17) is 4.74 Å². The van der Waals surface area contributed by atoms with E-state index >= 15 is 0 Å². The zero-order valence-electron chi connectivity index (χ0n) is 11.4. The van der Waals surface area contributed by atoms with Crippen LogP contribution in [0.15, 0.2) is 36.8 Å². The first kappa shape index (κ1) is 15.5. The topological polar surface area (TPSA) is 81.2 Å². The molecule has 0 saturated heterocycles. The second-order valence-electron chi connectivity index (χ2n) is 4.22. The largest absolute Gasteiger partial charge is 0.448 e. The van der Waals surface area contributed by atoms with Gasteiger partial charge in [0.05, 0.1) is 6.20 Å². The molecule has 22 heavy (non-hydrogen) atoms. The van der Waals surface area contributed by atoms with Crippen molar-refractivity contribution in [2.75, 3.05) is 5.32 Å². The Morgan fingerprint density at radius 3 is 2.50 bits per heavy atom. The van der Waals surface area contributed by atoms with Crippen LogP contribution in [-0.4, -0.2) is 27.9 Å². The number of carbonyl (C=O) groups is 2. The molecule has 1 heterocycles. The number of nitrogens with zero attached hydrogens (tertiary/aromatic N) is 2. The fourth-order valence-corrected chi connectivity index (χ4v) is 1.52. The van der Waals surface area contributed by atoms with E-state index in [0.29, 0.717) is 0 Å². The van der Waals surface area contributed by atoms with Gasteiger partial charge in [-0.15, -0.1) is 0 Å². The normalized spacial score (nSPS) is 11.6. The first-order chi connectivity index (χ1) is 10.5. The maximum absolute atomic E-state index is 13.4. The molecule has 0 aliphatic carbocycles. The van der Waals surface area contributed by atoms with Crippen LogP contribution in [0.1, 0.15) is 17.4 Å². The summed E-state index contributed by atoms with van der Waals surface area (Å²) >= 11 is 0. The molecule has 0 spiro atoms. The number of halogens is 2. The molecule has 6 nitrogen and oxygen atoms in total. The van der Waals surface area contributed by atoms with E-state index in [1.165, 1.54) is 25.5 Å². The lowest BCUT2D eigenvalue weighted by molar-refractivity contribution is -0.123. The highest BCUT2D eigenvalue weighted by Gasteiger charge is 2.22. The van der Waals surface area contributed by atoms with Crippen molar-refractivity contribution in [3.05, 3.63) is 54.1 Å². The van der Waals surface area contributed by atoms with Crippen molar-refractivity contribution in [3.8, 4) is 0 Å². The highest BCUT2D eigenvalue weighted by Crippen LogP contribution is 2.18. The Kier molecular flexibility index (Phi) is 4.72. The van der Waals surface area contributed by atoms with Gasteiger partial charge in [-0.2, -0.15) is 0 Å². The Labute approximate surface area is 124 Å². The van der Waals surface area contributed by atoms with Gasteiger partial charge in [0.2, 0.25) is 0 Å². The van der Waals surface area contributed by atoms with Gasteiger partial charge in [0.1, 0.15) is 17.3 Å². The van der Waals surface area contributed by atoms with Crippen LogP contribution in [0.5, 0.6) is 0 Å². The predicted octanol–water partition coefficient (Wildman–Crippen LogP) is 1.94. The van der Waals surface area contributed by atoms with E-state index in [1.807, 2.05) is 5.32 Å². The number of ether oxygens (including phenoxy) is 1.